The van der Waals surface area contributed by atoms with Crippen molar-refractivity contribution in [3.63, 3.8) is 0 Å². The molecule has 2 atom stereocenters. The van der Waals surface area contributed by atoms with Gasteiger partial charge in [-0.1, -0.05) is 67.3 Å². The smallest absolute Gasteiger partial charge is 0.0220 e. The van der Waals surface area contributed by atoms with E-state index >= 15 is 0 Å². The third-order valence-electron chi connectivity index (χ3n) is 0.819. The summed E-state index contributed by atoms with van der Waals surface area (Å²) >= 11 is 6.88. The van der Waals surface area contributed by atoms with Gasteiger partial charge in [0.15, 0.2) is 0 Å². The quantitative estimate of drug-likeness (QED) is 0.557. The van der Waals surface area contributed by atoms with Gasteiger partial charge in [0, 0.05) is 21.2 Å². The van der Waals surface area contributed by atoms with Crippen molar-refractivity contribution in [2.24, 2.45) is 0 Å². The number of hydrogen-bond donors (Lipinski definition) is 0. The average Bonchev–Trinajstić information content (AvgIpc) is 1.99. The van der Waals surface area contributed by atoms with Crippen molar-refractivity contribution in [2.75, 3.05) is 10.7 Å². The van der Waals surface area contributed by atoms with E-state index in [-0.39, 0.29) is 0 Å². The molecule has 0 bridgehead atoms. The maximum Gasteiger partial charge on any atom is 0.0220 e. The molecule has 0 rings (SSSR count). The van der Waals surface area contributed by atoms with E-state index in [0.29, 0.717) is 10.5 Å². The standard InChI is InChI=1S/C6H12Br2S2/c1-5(3-7)9-10-6(2)4-8/h5-6H,3-4H2,1-2H3. The Labute approximate surface area is 87.9 Å². The zero-order chi connectivity index (χ0) is 7.98. The Balaban J connectivity index is 3.17. The zero-order valence-electron chi connectivity index (χ0n) is 6.14. The molecular formula is C6H12Br2S2. The van der Waals surface area contributed by atoms with Gasteiger partial charge in [-0.15, -0.1) is 0 Å². The van der Waals surface area contributed by atoms with Gasteiger partial charge in [-0.05, 0) is 0 Å². The SMILES string of the molecule is CC(CBr)SSC(C)CBr. The molecule has 0 aliphatic carbocycles. The fourth-order valence-corrected chi connectivity index (χ4v) is 4.11. The van der Waals surface area contributed by atoms with Crippen LogP contribution in [0.1, 0.15) is 13.8 Å². The Morgan fingerprint density at radius 3 is 1.50 bits per heavy atom. The van der Waals surface area contributed by atoms with Crippen LogP contribution in [-0.2, 0) is 0 Å². The summed E-state index contributed by atoms with van der Waals surface area (Å²) in [5, 5.41) is 3.59. The predicted octanol–water partition coefficient (Wildman–Crippen LogP) is 3.93. The molecule has 0 N–H and O–H groups in total. The Morgan fingerprint density at radius 1 is 1.00 bits per heavy atom. The van der Waals surface area contributed by atoms with Crippen LogP contribution in [0.15, 0.2) is 0 Å². The minimum Gasteiger partial charge on any atom is -0.0916 e. The summed E-state index contributed by atoms with van der Waals surface area (Å²) in [5.74, 6) is 0. The van der Waals surface area contributed by atoms with Crippen LogP contribution in [0.5, 0.6) is 0 Å². The first-order valence-corrected chi connectivity index (χ1v) is 7.66. The van der Waals surface area contributed by atoms with Crippen molar-refractivity contribution < 1.29 is 0 Å². The maximum absolute atomic E-state index is 3.44. The van der Waals surface area contributed by atoms with Gasteiger partial charge in [0.05, 0.1) is 0 Å². The van der Waals surface area contributed by atoms with Gasteiger partial charge < -0.3 is 0 Å². The molecule has 0 saturated carbocycles. The molecular weight excluding hydrogens is 296 g/mol. The first-order chi connectivity index (χ1) is 4.70. The second-order valence-corrected chi connectivity index (χ2v) is 6.57. The third kappa shape index (κ3) is 6.38. The summed E-state index contributed by atoms with van der Waals surface area (Å²) in [6.45, 7) is 4.46. The molecule has 10 heavy (non-hydrogen) atoms. The highest BCUT2D eigenvalue weighted by Gasteiger charge is 2.04. The van der Waals surface area contributed by atoms with Crippen LogP contribution in [0.25, 0.3) is 0 Å². The highest BCUT2D eigenvalue weighted by atomic mass is 79.9. The van der Waals surface area contributed by atoms with Crippen LogP contribution in [-0.4, -0.2) is 21.2 Å². The summed E-state index contributed by atoms with van der Waals surface area (Å²) in [5.41, 5.74) is 0. The molecule has 4 heteroatoms. The Morgan fingerprint density at radius 2 is 1.30 bits per heavy atom. The van der Waals surface area contributed by atoms with E-state index in [2.05, 4.69) is 45.7 Å². The van der Waals surface area contributed by atoms with Crippen molar-refractivity contribution in [3.8, 4) is 0 Å². The van der Waals surface area contributed by atoms with Crippen LogP contribution in [0.3, 0.4) is 0 Å². The molecule has 0 aliphatic heterocycles. The lowest BCUT2D eigenvalue weighted by atomic mass is 10.6. The van der Waals surface area contributed by atoms with E-state index in [1.165, 1.54) is 0 Å². The molecule has 0 radical (unpaired) electrons. The molecule has 0 amide bonds. The van der Waals surface area contributed by atoms with Gasteiger partial charge in [-0.2, -0.15) is 0 Å². The molecule has 2 unspecified atom stereocenters. The van der Waals surface area contributed by atoms with Crippen LogP contribution in [0.2, 0.25) is 0 Å². The van der Waals surface area contributed by atoms with Crippen molar-refractivity contribution in [3.05, 3.63) is 0 Å². The van der Waals surface area contributed by atoms with E-state index in [0.717, 1.165) is 10.7 Å². The third-order valence-corrected chi connectivity index (χ3v) is 7.02. The Hall–Kier alpha value is 1.66. The van der Waals surface area contributed by atoms with Crippen molar-refractivity contribution >= 4 is 53.4 Å². The van der Waals surface area contributed by atoms with Crippen LogP contribution in [0, 0.1) is 0 Å². The second-order valence-electron chi connectivity index (χ2n) is 2.12. The minimum absolute atomic E-state index is 0.714. The number of halogens is 2. The molecule has 0 spiro atoms. The summed E-state index contributed by atoms with van der Waals surface area (Å²) < 4.78 is 0. The molecule has 0 nitrogen and oxygen atoms in total. The number of alkyl halides is 2. The Bertz CT molecular complexity index is 70.1. The number of hydrogen-bond acceptors (Lipinski definition) is 2. The molecule has 0 fully saturated rings. The molecule has 0 heterocycles. The highest BCUT2D eigenvalue weighted by molar-refractivity contribution is 9.09. The molecule has 0 aliphatic rings. The lowest BCUT2D eigenvalue weighted by Gasteiger charge is -2.09. The molecule has 62 valence electrons. The van der Waals surface area contributed by atoms with Crippen LogP contribution >= 0.6 is 53.4 Å². The molecule has 0 aromatic carbocycles. The summed E-state index contributed by atoms with van der Waals surface area (Å²) in [4.78, 5) is 0. The van der Waals surface area contributed by atoms with E-state index in [9.17, 15) is 0 Å². The second kappa shape index (κ2) is 7.32. The fourth-order valence-electron chi connectivity index (χ4n) is 0.241. The van der Waals surface area contributed by atoms with Gasteiger partial charge in [-0.3, -0.25) is 0 Å². The maximum atomic E-state index is 3.44. The van der Waals surface area contributed by atoms with Crippen molar-refractivity contribution in [1.29, 1.82) is 0 Å². The van der Waals surface area contributed by atoms with Gasteiger partial charge in [-0.25, -0.2) is 0 Å². The first kappa shape index (κ1) is 11.7. The largest absolute Gasteiger partial charge is 0.0916 e. The lowest BCUT2D eigenvalue weighted by Crippen LogP contribution is -1.99. The molecule has 0 aromatic heterocycles. The topological polar surface area (TPSA) is 0 Å². The predicted molar refractivity (Wildman–Crippen MR) is 61.7 cm³/mol. The van der Waals surface area contributed by atoms with E-state index in [1.54, 1.807) is 0 Å². The van der Waals surface area contributed by atoms with Crippen molar-refractivity contribution in [1.82, 2.24) is 0 Å². The van der Waals surface area contributed by atoms with E-state index in [1.807, 2.05) is 21.6 Å². The van der Waals surface area contributed by atoms with E-state index in [4.69, 9.17) is 0 Å². The molecule has 0 saturated heterocycles. The van der Waals surface area contributed by atoms with E-state index < -0.39 is 0 Å². The van der Waals surface area contributed by atoms with Gasteiger partial charge in [0.2, 0.25) is 0 Å². The summed E-state index contributed by atoms with van der Waals surface area (Å²) in [7, 11) is 3.90. The summed E-state index contributed by atoms with van der Waals surface area (Å²) in [6, 6.07) is 0. The summed E-state index contributed by atoms with van der Waals surface area (Å²) in [6.07, 6.45) is 0. The number of rotatable bonds is 5. The molecule has 0 aromatic rings. The lowest BCUT2D eigenvalue weighted by molar-refractivity contribution is 1.14. The van der Waals surface area contributed by atoms with Crippen LogP contribution in [0.4, 0.5) is 0 Å². The fraction of sp³-hybridized carbons (Fsp3) is 1.00. The minimum atomic E-state index is 0.714. The average molecular weight is 308 g/mol. The van der Waals surface area contributed by atoms with Gasteiger partial charge in [0.1, 0.15) is 0 Å². The highest BCUT2D eigenvalue weighted by Crippen LogP contribution is 2.32. The first-order valence-electron chi connectivity index (χ1n) is 3.14. The van der Waals surface area contributed by atoms with Gasteiger partial charge in [0.25, 0.3) is 0 Å². The normalized spacial score (nSPS) is 16.8. The van der Waals surface area contributed by atoms with Gasteiger partial charge >= 0.3 is 0 Å². The monoisotopic (exact) mass is 306 g/mol. The van der Waals surface area contributed by atoms with Crippen molar-refractivity contribution in [2.45, 2.75) is 24.3 Å². The zero-order valence-corrected chi connectivity index (χ0v) is 10.9. The van der Waals surface area contributed by atoms with Crippen LogP contribution < -0.4 is 0 Å². The Kier molecular flexibility index (Phi) is 8.53.